The van der Waals surface area contributed by atoms with Gasteiger partial charge in [-0.2, -0.15) is 4.31 Å². The van der Waals surface area contributed by atoms with Gasteiger partial charge >= 0.3 is 0 Å². The van der Waals surface area contributed by atoms with E-state index in [1.165, 1.54) is 12.8 Å². The summed E-state index contributed by atoms with van der Waals surface area (Å²) >= 11 is 0. The van der Waals surface area contributed by atoms with Crippen LogP contribution >= 0.6 is 0 Å². The first-order valence-electron chi connectivity index (χ1n) is 8.44. The van der Waals surface area contributed by atoms with Crippen LogP contribution in [0.3, 0.4) is 0 Å². The van der Waals surface area contributed by atoms with E-state index in [9.17, 15) is 8.42 Å². The first kappa shape index (κ1) is 15.8. The molecule has 1 aliphatic heterocycles. The van der Waals surface area contributed by atoms with E-state index in [0.717, 1.165) is 23.2 Å². The molecule has 2 aliphatic rings. The highest BCUT2D eigenvalue weighted by atomic mass is 32.2. The van der Waals surface area contributed by atoms with E-state index in [0.29, 0.717) is 23.9 Å². The standard InChI is InChI=1S/C17H22N4O2S/c1-12-3-6-16(9-13(12)2)24(22,23)20-8-7-15(10-20)21-11-17(18-19-21)14-4-5-14/h3,6,9,11,14-15H,4-5,7-8,10H2,1-2H3. The van der Waals surface area contributed by atoms with E-state index in [1.807, 2.05) is 30.8 Å². The molecule has 1 saturated carbocycles. The number of hydrogen-bond acceptors (Lipinski definition) is 4. The second kappa shape index (κ2) is 5.67. The summed E-state index contributed by atoms with van der Waals surface area (Å²) in [7, 11) is -3.44. The van der Waals surface area contributed by atoms with Crippen LogP contribution in [0.2, 0.25) is 0 Å². The molecule has 0 amide bonds. The molecule has 1 aromatic carbocycles. The lowest BCUT2D eigenvalue weighted by molar-refractivity contribution is 0.428. The first-order valence-corrected chi connectivity index (χ1v) is 9.88. The largest absolute Gasteiger partial charge is 0.248 e. The molecule has 1 aliphatic carbocycles. The molecule has 0 spiro atoms. The maximum absolute atomic E-state index is 12.9. The zero-order valence-corrected chi connectivity index (χ0v) is 14.8. The van der Waals surface area contributed by atoms with Crippen LogP contribution in [0.25, 0.3) is 0 Å². The summed E-state index contributed by atoms with van der Waals surface area (Å²) in [5.74, 6) is 0.565. The number of sulfonamides is 1. The average Bonchev–Trinajstić information content (AvgIpc) is 3.09. The van der Waals surface area contributed by atoms with Gasteiger partial charge in [0, 0.05) is 25.2 Å². The molecule has 1 saturated heterocycles. The summed E-state index contributed by atoms with van der Waals surface area (Å²) in [6, 6.07) is 5.41. The Morgan fingerprint density at radius 2 is 1.92 bits per heavy atom. The molecule has 0 radical (unpaired) electrons. The highest BCUT2D eigenvalue weighted by molar-refractivity contribution is 7.89. The van der Waals surface area contributed by atoms with E-state index in [1.54, 1.807) is 16.4 Å². The molecular formula is C17H22N4O2S. The van der Waals surface area contributed by atoms with Gasteiger partial charge in [0.05, 0.1) is 16.6 Å². The van der Waals surface area contributed by atoms with Crippen molar-refractivity contribution in [3.05, 3.63) is 41.2 Å². The van der Waals surface area contributed by atoms with Crippen molar-refractivity contribution >= 4 is 10.0 Å². The van der Waals surface area contributed by atoms with Crippen molar-refractivity contribution in [2.75, 3.05) is 13.1 Å². The van der Waals surface area contributed by atoms with Crippen LogP contribution in [-0.4, -0.2) is 40.8 Å². The Balaban J connectivity index is 1.53. The Kier molecular flexibility index (Phi) is 3.73. The van der Waals surface area contributed by atoms with Gasteiger partial charge < -0.3 is 0 Å². The van der Waals surface area contributed by atoms with Gasteiger partial charge in [-0.25, -0.2) is 13.1 Å². The third-order valence-electron chi connectivity index (χ3n) is 5.14. The molecule has 2 aromatic rings. The maximum Gasteiger partial charge on any atom is 0.243 e. The minimum absolute atomic E-state index is 0.0753. The van der Waals surface area contributed by atoms with Crippen molar-refractivity contribution in [2.24, 2.45) is 0 Å². The summed E-state index contributed by atoms with van der Waals surface area (Å²) in [6.45, 7) is 4.91. The van der Waals surface area contributed by atoms with E-state index in [-0.39, 0.29) is 6.04 Å². The zero-order valence-electron chi connectivity index (χ0n) is 14.0. The third-order valence-corrected chi connectivity index (χ3v) is 7.00. The van der Waals surface area contributed by atoms with Crippen LogP contribution in [-0.2, 0) is 10.0 Å². The van der Waals surface area contributed by atoms with Gasteiger partial charge in [0.2, 0.25) is 10.0 Å². The second-order valence-electron chi connectivity index (χ2n) is 6.95. The number of hydrogen-bond donors (Lipinski definition) is 0. The molecule has 2 fully saturated rings. The molecule has 24 heavy (non-hydrogen) atoms. The molecule has 1 aromatic heterocycles. The van der Waals surface area contributed by atoms with Gasteiger partial charge in [-0.1, -0.05) is 11.3 Å². The molecule has 128 valence electrons. The number of rotatable bonds is 4. The molecule has 1 atom stereocenters. The van der Waals surface area contributed by atoms with Crippen molar-refractivity contribution in [3.8, 4) is 0 Å². The summed E-state index contributed by atoms with van der Waals surface area (Å²) in [4.78, 5) is 0.378. The molecule has 4 rings (SSSR count). The normalized spacial score (nSPS) is 22.2. The van der Waals surface area contributed by atoms with Crippen molar-refractivity contribution in [2.45, 2.75) is 50.0 Å². The topological polar surface area (TPSA) is 68.1 Å². The van der Waals surface area contributed by atoms with Gasteiger partial charge in [-0.15, -0.1) is 5.10 Å². The van der Waals surface area contributed by atoms with E-state index in [2.05, 4.69) is 10.3 Å². The number of aromatic nitrogens is 3. The van der Waals surface area contributed by atoms with Crippen LogP contribution < -0.4 is 0 Å². The molecule has 0 N–H and O–H groups in total. The molecule has 2 heterocycles. The Labute approximate surface area is 142 Å². The average molecular weight is 346 g/mol. The Morgan fingerprint density at radius 3 is 2.62 bits per heavy atom. The SMILES string of the molecule is Cc1ccc(S(=O)(=O)N2CCC(n3cc(C4CC4)nn3)C2)cc1C. The Hall–Kier alpha value is -1.73. The van der Waals surface area contributed by atoms with Gasteiger partial charge in [-0.05, 0) is 56.4 Å². The lowest BCUT2D eigenvalue weighted by atomic mass is 10.1. The molecular weight excluding hydrogens is 324 g/mol. The maximum atomic E-state index is 12.9. The fraction of sp³-hybridized carbons (Fsp3) is 0.529. The van der Waals surface area contributed by atoms with Crippen molar-refractivity contribution in [1.82, 2.24) is 19.3 Å². The summed E-state index contributed by atoms with van der Waals surface area (Å²) in [5.41, 5.74) is 3.14. The molecule has 0 bridgehead atoms. The zero-order chi connectivity index (χ0) is 16.9. The number of benzene rings is 1. The summed E-state index contributed by atoms with van der Waals surface area (Å²) in [5, 5.41) is 8.45. The first-order chi connectivity index (χ1) is 11.4. The highest BCUT2D eigenvalue weighted by Crippen LogP contribution is 2.39. The predicted molar refractivity (Wildman–Crippen MR) is 90.3 cm³/mol. The molecule has 1 unspecified atom stereocenters. The molecule has 7 heteroatoms. The summed E-state index contributed by atoms with van der Waals surface area (Å²) < 4.78 is 29.2. The minimum atomic E-state index is -3.44. The second-order valence-corrected chi connectivity index (χ2v) is 8.89. The van der Waals surface area contributed by atoms with Crippen LogP contribution in [0.4, 0.5) is 0 Å². The van der Waals surface area contributed by atoms with Gasteiger partial charge in [0.25, 0.3) is 0 Å². The van der Waals surface area contributed by atoms with Gasteiger partial charge in [0.1, 0.15) is 0 Å². The predicted octanol–water partition coefficient (Wildman–Crippen LogP) is 2.41. The van der Waals surface area contributed by atoms with Crippen LogP contribution in [0.5, 0.6) is 0 Å². The van der Waals surface area contributed by atoms with Crippen LogP contribution in [0.15, 0.2) is 29.3 Å². The fourth-order valence-corrected chi connectivity index (χ4v) is 4.78. The fourth-order valence-electron chi connectivity index (χ4n) is 3.20. The number of nitrogens with zero attached hydrogens (tertiary/aromatic N) is 4. The van der Waals surface area contributed by atoms with Crippen LogP contribution in [0.1, 0.15) is 48.0 Å². The van der Waals surface area contributed by atoms with Crippen molar-refractivity contribution in [1.29, 1.82) is 0 Å². The quantitative estimate of drug-likeness (QED) is 0.852. The van der Waals surface area contributed by atoms with Gasteiger partial charge in [-0.3, -0.25) is 0 Å². The summed E-state index contributed by atoms with van der Waals surface area (Å²) in [6.07, 6.45) is 5.15. The van der Waals surface area contributed by atoms with E-state index < -0.39 is 10.0 Å². The highest BCUT2D eigenvalue weighted by Gasteiger charge is 2.35. The Bertz CT molecular complexity index is 870. The van der Waals surface area contributed by atoms with Crippen molar-refractivity contribution in [3.63, 3.8) is 0 Å². The lowest BCUT2D eigenvalue weighted by Gasteiger charge is -2.17. The number of aryl methyl sites for hydroxylation is 2. The van der Waals surface area contributed by atoms with Crippen molar-refractivity contribution < 1.29 is 8.42 Å². The third kappa shape index (κ3) is 2.75. The minimum Gasteiger partial charge on any atom is -0.248 e. The smallest absolute Gasteiger partial charge is 0.243 e. The van der Waals surface area contributed by atoms with Crippen LogP contribution in [0, 0.1) is 13.8 Å². The molecule has 6 nitrogen and oxygen atoms in total. The van der Waals surface area contributed by atoms with Gasteiger partial charge in [0.15, 0.2) is 0 Å². The Morgan fingerprint density at radius 1 is 1.12 bits per heavy atom. The monoisotopic (exact) mass is 346 g/mol. The van der Waals surface area contributed by atoms with E-state index in [4.69, 9.17) is 0 Å². The lowest BCUT2D eigenvalue weighted by Crippen LogP contribution is -2.29. The van der Waals surface area contributed by atoms with E-state index >= 15 is 0 Å².